The fourth-order valence-electron chi connectivity index (χ4n) is 1.63. The van der Waals surface area contributed by atoms with Crippen LogP contribution in [-0.4, -0.2) is 5.97 Å². The van der Waals surface area contributed by atoms with Crippen LogP contribution in [0.1, 0.15) is 17.2 Å². The van der Waals surface area contributed by atoms with Crippen LogP contribution in [0.15, 0.2) is 54.6 Å². The maximum absolute atomic E-state index is 11.2. The maximum atomic E-state index is 11.2. The van der Waals surface area contributed by atoms with Crippen LogP contribution >= 0.6 is 0 Å². The Morgan fingerprint density at radius 2 is 1.67 bits per heavy atom. The van der Waals surface area contributed by atoms with Crippen molar-refractivity contribution in [2.24, 2.45) is 0 Å². The van der Waals surface area contributed by atoms with E-state index in [0.29, 0.717) is 11.3 Å². The van der Waals surface area contributed by atoms with Gasteiger partial charge in [-0.25, -0.2) is 0 Å². The average Bonchev–Trinajstić information content (AvgIpc) is 2.38. The molecule has 0 heterocycles. The molecular weight excluding hydrogens is 228 g/mol. The number of hydrogen-bond acceptors (Lipinski definition) is 3. The van der Waals surface area contributed by atoms with Crippen molar-refractivity contribution in [2.45, 2.75) is 13.0 Å². The van der Waals surface area contributed by atoms with Gasteiger partial charge in [-0.3, -0.25) is 0 Å². The van der Waals surface area contributed by atoms with Crippen molar-refractivity contribution >= 4 is 5.97 Å². The van der Waals surface area contributed by atoms with Gasteiger partial charge in [0.15, 0.2) is 6.10 Å². The lowest BCUT2D eigenvalue weighted by atomic mass is 10.1. The van der Waals surface area contributed by atoms with Crippen molar-refractivity contribution in [3.05, 3.63) is 65.7 Å². The molecule has 1 atom stereocenters. The average molecular weight is 241 g/mol. The Labute approximate surface area is 106 Å². The number of carbonyl (C=O) groups excluding carboxylic acids is 1. The number of carboxylic acid groups (broad SMARTS) is 1. The van der Waals surface area contributed by atoms with E-state index in [1.54, 1.807) is 36.4 Å². The second-order valence-corrected chi connectivity index (χ2v) is 4.04. The molecular formula is C15H13O3-. The molecule has 3 nitrogen and oxygen atoms in total. The zero-order valence-corrected chi connectivity index (χ0v) is 10.00. The number of aryl methyl sites for hydroxylation is 1. The monoisotopic (exact) mass is 241 g/mol. The summed E-state index contributed by atoms with van der Waals surface area (Å²) in [5, 5.41) is 11.2. The van der Waals surface area contributed by atoms with Crippen LogP contribution in [0, 0.1) is 6.92 Å². The molecule has 18 heavy (non-hydrogen) atoms. The molecule has 1 unspecified atom stereocenters. The molecule has 0 aromatic heterocycles. The smallest absolute Gasteiger partial charge is 0.163 e. The highest BCUT2D eigenvalue weighted by atomic mass is 16.5. The number of rotatable bonds is 4. The Morgan fingerprint density at radius 1 is 1.06 bits per heavy atom. The van der Waals surface area contributed by atoms with E-state index >= 15 is 0 Å². The first-order chi connectivity index (χ1) is 8.66. The molecule has 0 saturated carbocycles. The fraction of sp³-hybridized carbons (Fsp3) is 0.133. The van der Waals surface area contributed by atoms with Gasteiger partial charge >= 0.3 is 0 Å². The van der Waals surface area contributed by atoms with Crippen LogP contribution in [0.4, 0.5) is 0 Å². The second-order valence-electron chi connectivity index (χ2n) is 4.04. The summed E-state index contributed by atoms with van der Waals surface area (Å²) in [6.07, 6.45) is -1.09. The minimum atomic E-state index is -1.25. The predicted molar refractivity (Wildman–Crippen MR) is 66.0 cm³/mol. The minimum Gasteiger partial charge on any atom is -0.546 e. The van der Waals surface area contributed by atoms with Gasteiger partial charge in [0.2, 0.25) is 0 Å². The van der Waals surface area contributed by atoms with Crippen LogP contribution in [-0.2, 0) is 4.79 Å². The molecule has 3 heteroatoms. The van der Waals surface area contributed by atoms with E-state index in [2.05, 4.69) is 0 Å². The standard InChI is InChI=1S/C15H14O3/c1-11-7-9-12(10-8-11)14(15(16)17)18-13-5-3-2-4-6-13/h2-10,14H,1H3,(H,16,17)/p-1. The molecule has 0 saturated heterocycles. The Bertz CT molecular complexity index is 517. The van der Waals surface area contributed by atoms with Gasteiger partial charge < -0.3 is 14.6 Å². The van der Waals surface area contributed by atoms with Crippen molar-refractivity contribution in [3.63, 3.8) is 0 Å². The first kappa shape index (κ1) is 12.2. The highest BCUT2D eigenvalue weighted by Gasteiger charge is 2.14. The summed E-state index contributed by atoms with van der Waals surface area (Å²) in [6.45, 7) is 1.94. The van der Waals surface area contributed by atoms with E-state index in [9.17, 15) is 9.90 Å². The summed E-state index contributed by atoms with van der Waals surface area (Å²) in [4.78, 5) is 11.2. The SMILES string of the molecule is Cc1ccc(C(Oc2ccccc2)C(=O)[O-])cc1. The quantitative estimate of drug-likeness (QED) is 0.821. The largest absolute Gasteiger partial charge is 0.546 e. The summed E-state index contributed by atoms with van der Waals surface area (Å²) >= 11 is 0. The van der Waals surface area contributed by atoms with Gasteiger partial charge in [0.1, 0.15) is 5.75 Å². The third-order valence-corrected chi connectivity index (χ3v) is 2.59. The van der Waals surface area contributed by atoms with E-state index in [1.807, 2.05) is 25.1 Å². The molecule has 2 aromatic rings. The molecule has 0 N–H and O–H groups in total. The lowest BCUT2D eigenvalue weighted by molar-refractivity contribution is -0.314. The third-order valence-electron chi connectivity index (χ3n) is 2.59. The maximum Gasteiger partial charge on any atom is 0.163 e. The number of para-hydroxylation sites is 1. The van der Waals surface area contributed by atoms with E-state index in [-0.39, 0.29) is 0 Å². The molecule has 0 amide bonds. The van der Waals surface area contributed by atoms with Crippen molar-refractivity contribution in [1.29, 1.82) is 0 Å². The highest BCUT2D eigenvalue weighted by Crippen LogP contribution is 2.21. The molecule has 0 spiro atoms. The van der Waals surface area contributed by atoms with Gasteiger partial charge in [0.25, 0.3) is 0 Å². The molecule has 2 aromatic carbocycles. The number of carboxylic acids is 1. The Morgan fingerprint density at radius 3 is 2.22 bits per heavy atom. The molecule has 0 aliphatic carbocycles. The number of aliphatic carboxylic acids is 1. The van der Waals surface area contributed by atoms with Crippen molar-refractivity contribution in [1.82, 2.24) is 0 Å². The zero-order valence-electron chi connectivity index (χ0n) is 10.00. The van der Waals surface area contributed by atoms with Crippen molar-refractivity contribution in [3.8, 4) is 5.75 Å². The van der Waals surface area contributed by atoms with E-state index < -0.39 is 12.1 Å². The first-order valence-electron chi connectivity index (χ1n) is 5.66. The van der Waals surface area contributed by atoms with Crippen molar-refractivity contribution < 1.29 is 14.6 Å². The van der Waals surface area contributed by atoms with Crippen LogP contribution in [0.3, 0.4) is 0 Å². The van der Waals surface area contributed by atoms with E-state index in [1.165, 1.54) is 0 Å². The van der Waals surface area contributed by atoms with Gasteiger partial charge in [-0.1, -0.05) is 48.0 Å². The predicted octanol–water partition coefficient (Wildman–Crippen LogP) is 1.87. The van der Waals surface area contributed by atoms with Gasteiger partial charge in [0, 0.05) is 0 Å². The Hall–Kier alpha value is -2.29. The lowest BCUT2D eigenvalue weighted by Crippen LogP contribution is -2.33. The third kappa shape index (κ3) is 2.88. The van der Waals surface area contributed by atoms with Crippen molar-refractivity contribution in [2.75, 3.05) is 0 Å². The molecule has 0 radical (unpaired) electrons. The molecule has 0 fully saturated rings. The van der Waals surface area contributed by atoms with E-state index in [4.69, 9.17) is 4.74 Å². The van der Waals surface area contributed by atoms with Gasteiger partial charge in [-0.2, -0.15) is 0 Å². The summed E-state index contributed by atoms with van der Waals surface area (Å²) in [5.74, 6) is -0.741. The molecule has 2 rings (SSSR count). The highest BCUT2D eigenvalue weighted by molar-refractivity contribution is 5.72. The summed E-state index contributed by atoms with van der Waals surface area (Å²) in [7, 11) is 0. The zero-order chi connectivity index (χ0) is 13.0. The van der Waals surface area contributed by atoms with Crippen LogP contribution < -0.4 is 9.84 Å². The van der Waals surface area contributed by atoms with Gasteiger partial charge in [-0.05, 0) is 24.6 Å². The number of hydrogen-bond donors (Lipinski definition) is 0. The number of benzene rings is 2. The topological polar surface area (TPSA) is 49.4 Å². The number of ether oxygens (including phenoxy) is 1. The normalized spacial score (nSPS) is 11.8. The molecule has 0 aliphatic heterocycles. The second kappa shape index (κ2) is 5.36. The van der Waals surface area contributed by atoms with Gasteiger partial charge in [-0.15, -0.1) is 0 Å². The summed E-state index contributed by atoms with van der Waals surface area (Å²) < 4.78 is 5.44. The molecule has 0 bridgehead atoms. The Balaban J connectivity index is 2.24. The van der Waals surface area contributed by atoms with Gasteiger partial charge in [0.05, 0.1) is 5.97 Å². The summed E-state index contributed by atoms with van der Waals surface area (Å²) in [6, 6.07) is 16.0. The van der Waals surface area contributed by atoms with Crippen LogP contribution in [0.2, 0.25) is 0 Å². The lowest BCUT2D eigenvalue weighted by Gasteiger charge is -2.20. The Kier molecular flexibility index (Phi) is 3.63. The molecule has 0 aliphatic rings. The fourth-order valence-corrected chi connectivity index (χ4v) is 1.63. The summed E-state index contributed by atoms with van der Waals surface area (Å²) in [5.41, 5.74) is 1.64. The minimum absolute atomic E-state index is 0.507. The molecule has 92 valence electrons. The number of carbonyl (C=O) groups is 1. The van der Waals surface area contributed by atoms with Crippen LogP contribution in [0.25, 0.3) is 0 Å². The van der Waals surface area contributed by atoms with Crippen LogP contribution in [0.5, 0.6) is 5.75 Å². The first-order valence-corrected chi connectivity index (χ1v) is 5.66. The van der Waals surface area contributed by atoms with E-state index in [0.717, 1.165) is 5.56 Å².